The van der Waals surface area contributed by atoms with Gasteiger partial charge in [0.1, 0.15) is 5.75 Å². The first kappa shape index (κ1) is 17.8. The van der Waals surface area contributed by atoms with Crippen molar-refractivity contribution in [1.29, 1.82) is 0 Å². The van der Waals surface area contributed by atoms with Crippen LogP contribution in [0.5, 0.6) is 5.75 Å². The van der Waals surface area contributed by atoms with Gasteiger partial charge in [0.25, 0.3) is 5.91 Å². The van der Waals surface area contributed by atoms with E-state index in [1.807, 2.05) is 36.4 Å². The van der Waals surface area contributed by atoms with Crippen LogP contribution in [-0.2, 0) is 11.2 Å². The molecule has 0 unspecified atom stereocenters. The number of carbonyl (C=O) groups is 2. The number of para-hydroxylation sites is 1. The molecule has 4 rings (SSSR count). The van der Waals surface area contributed by atoms with Crippen molar-refractivity contribution in [3.8, 4) is 17.0 Å². The molecule has 7 heteroatoms. The average molecular weight is 376 g/mol. The quantitative estimate of drug-likeness (QED) is 0.732. The molecule has 1 aromatic heterocycles. The molecule has 2 amide bonds. The Labute approximate surface area is 162 Å². The van der Waals surface area contributed by atoms with Crippen LogP contribution in [0.3, 0.4) is 0 Å². The highest BCUT2D eigenvalue weighted by atomic mass is 16.5. The van der Waals surface area contributed by atoms with Crippen molar-refractivity contribution in [2.24, 2.45) is 0 Å². The zero-order valence-electron chi connectivity index (χ0n) is 15.7. The zero-order chi connectivity index (χ0) is 19.7. The molecule has 0 atom stereocenters. The molecule has 0 fully saturated rings. The fourth-order valence-corrected chi connectivity index (χ4v) is 3.45. The van der Waals surface area contributed by atoms with Gasteiger partial charge in [0.15, 0.2) is 5.82 Å². The van der Waals surface area contributed by atoms with E-state index in [-0.39, 0.29) is 11.8 Å². The minimum atomic E-state index is -0.248. The topological polar surface area (TPSA) is 87.3 Å². The maximum Gasteiger partial charge on any atom is 0.256 e. The molecule has 0 spiro atoms. The lowest BCUT2D eigenvalue weighted by molar-refractivity contribution is -0.116. The molecule has 0 radical (unpaired) electrons. The number of methoxy groups -OCH3 is 1. The van der Waals surface area contributed by atoms with Gasteiger partial charge in [-0.1, -0.05) is 12.1 Å². The Kier molecular flexibility index (Phi) is 4.57. The molecule has 1 aliphatic rings. The summed E-state index contributed by atoms with van der Waals surface area (Å²) >= 11 is 0. The number of nitrogens with one attached hydrogen (secondary N) is 2. The molecular formula is C21H20N4O3. The summed E-state index contributed by atoms with van der Waals surface area (Å²) in [5.74, 6) is 0.910. The number of carbonyl (C=O) groups excluding carboxylic acids is 2. The van der Waals surface area contributed by atoms with Crippen LogP contribution in [0.1, 0.15) is 22.8 Å². The van der Waals surface area contributed by atoms with Crippen molar-refractivity contribution >= 4 is 23.3 Å². The van der Waals surface area contributed by atoms with E-state index >= 15 is 0 Å². The lowest BCUT2D eigenvalue weighted by Crippen LogP contribution is -2.25. The normalized spacial score (nSPS) is 12.6. The molecule has 3 aromatic rings. The summed E-state index contributed by atoms with van der Waals surface area (Å²) in [5, 5.41) is 9.91. The maximum absolute atomic E-state index is 12.6. The Hall–Kier alpha value is -3.61. The number of aromatic amines is 1. The third-order valence-electron chi connectivity index (χ3n) is 4.83. The lowest BCUT2D eigenvalue weighted by Gasteiger charge is -2.14. The lowest BCUT2D eigenvalue weighted by atomic mass is 10.1. The van der Waals surface area contributed by atoms with Crippen molar-refractivity contribution in [2.45, 2.75) is 13.3 Å². The average Bonchev–Trinajstić information content (AvgIpc) is 3.34. The van der Waals surface area contributed by atoms with Crippen molar-refractivity contribution in [2.75, 3.05) is 23.9 Å². The Morgan fingerprint density at radius 1 is 1.18 bits per heavy atom. The number of amides is 2. The van der Waals surface area contributed by atoms with Gasteiger partial charge in [0, 0.05) is 36.3 Å². The number of hydrogen-bond donors (Lipinski definition) is 2. The van der Waals surface area contributed by atoms with E-state index in [9.17, 15) is 9.59 Å². The number of anilines is 2. The van der Waals surface area contributed by atoms with Gasteiger partial charge >= 0.3 is 0 Å². The van der Waals surface area contributed by atoms with E-state index in [2.05, 4.69) is 15.5 Å². The number of rotatable bonds is 4. The SMILES string of the molecule is COc1ccccc1-c1cc(NC(=O)c2ccc3c(c2)CCN3C(C)=O)n[nH]1. The highest BCUT2D eigenvalue weighted by Crippen LogP contribution is 2.30. The Morgan fingerprint density at radius 2 is 2.00 bits per heavy atom. The summed E-state index contributed by atoms with van der Waals surface area (Å²) < 4.78 is 5.36. The number of nitrogens with zero attached hydrogens (tertiary/aromatic N) is 2. The minimum Gasteiger partial charge on any atom is -0.496 e. The van der Waals surface area contributed by atoms with Crippen LogP contribution in [-0.4, -0.2) is 35.7 Å². The Balaban J connectivity index is 1.52. The molecule has 1 aliphatic heterocycles. The number of ether oxygens (including phenoxy) is 1. The van der Waals surface area contributed by atoms with E-state index in [0.29, 0.717) is 17.9 Å². The third kappa shape index (κ3) is 3.22. The second-order valence-electron chi connectivity index (χ2n) is 6.59. The first-order chi connectivity index (χ1) is 13.6. The van der Waals surface area contributed by atoms with E-state index in [1.165, 1.54) is 0 Å². The standard InChI is InChI=1S/C21H20N4O3/c1-13(26)25-10-9-14-11-15(7-8-18(14)25)21(27)22-20-12-17(23-24-20)16-5-3-4-6-19(16)28-2/h3-8,11-12H,9-10H2,1-2H3,(H2,22,23,24,27). The van der Waals surface area contributed by atoms with E-state index in [0.717, 1.165) is 34.7 Å². The molecule has 0 saturated carbocycles. The van der Waals surface area contributed by atoms with Gasteiger partial charge in [-0.2, -0.15) is 5.10 Å². The fraction of sp³-hybridized carbons (Fsp3) is 0.190. The van der Waals surface area contributed by atoms with Crippen molar-refractivity contribution < 1.29 is 14.3 Å². The number of benzene rings is 2. The molecular weight excluding hydrogens is 356 g/mol. The van der Waals surface area contributed by atoms with Gasteiger partial charge in [0.05, 0.1) is 12.8 Å². The zero-order valence-corrected chi connectivity index (χ0v) is 15.7. The third-order valence-corrected chi connectivity index (χ3v) is 4.83. The molecule has 7 nitrogen and oxygen atoms in total. The predicted molar refractivity (Wildman–Crippen MR) is 107 cm³/mol. The van der Waals surface area contributed by atoms with Gasteiger partial charge in [0.2, 0.25) is 5.91 Å². The van der Waals surface area contributed by atoms with Crippen LogP contribution in [0.2, 0.25) is 0 Å². The molecule has 28 heavy (non-hydrogen) atoms. The number of H-pyrrole nitrogens is 1. The molecule has 2 heterocycles. The minimum absolute atomic E-state index is 0.0105. The van der Waals surface area contributed by atoms with Crippen LogP contribution in [0, 0.1) is 0 Å². The van der Waals surface area contributed by atoms with Crippen molar-refractivity contribution in [3.05, 3.63) is 59.7 Å². The predicted octanol–water partition coefficient (Wildman–Crippen LogP) is 3.25. The van der Waals surface area contributed by atoms with Crippen LogP contribution in [0.4, 0.5) is 11.5 Å². The van der Waals surface area contributed by atoms with Gasteiger partial charge < -0.3 is 15.0 Å². The van der Waals surface area contributed by atoms with E-state index in [1.54, 1.807) is 31.1 Å². The second kappa shape index (κ2) is 7.19. The highest BCUT2D eigenvalue weighted by molar-refractivity contribution is 6.05. The molecule has 2 N–H and O–H groups in total. The Bertz CT molecular complexity index is 1060. The van der Waals surface area contributed by atoms with Gasteiger partial charge in [-0.15, -0.1) is 0 Å². The maximum atomic E-state index is 12.6. The molecule has 0 bridgehead atoms. The smallest absolute Gasteiger partial charge is 0.256 e. The summed E-state index contributed by atoms with van der Waals surface area (Å²) in [4.78, 5) is 26.0. The van der Waals surface area contributed by atoms with Crippen LogP contribution in [0.25, 0.3) is 11.3 Å². The summed E-state index contributed by atoms with van der Waals surface area (Å²) in [6.45, 7) is 2.20. The first-order valence-corrected chi connectivity index (χ1v) is 8.98. The molecule has 0 aliphatic carbocycles. The van der Waals surface area contributed by atoms with Crippen molar-refractivity contribution in [3.63, 3.8) is 0 Å². The van der Waals surface area contributed by atoms with Crippen LogP contribution >= 0.6 is 0 Å². The Morgan fingerprint density at radius 3 is 2.79 bits per heavy atom. The molecule has 142 valence electrons. The second-order valence-corrected chi connectivity index (χ2v) is 6.59. The summed E-state index contributed by atoms with van der Waals surface area (Å²) in [7, 11) is 1.61. The van der Waals surface area contributed by atoms with Gasteiger partial charge in [-0.3, -0.25) is 14.7 Å². The van der Waals surface area contributed by atoms with Crippen LogP contribution < -0.4 is 15.0 Å². The number of aromatic nitrogens is 2. The number of fused-ring (bicyclic) bond motifs is 1. The fourth-order valence-electron chi connectivity index (χ4n) is 3.45. The highest BCUT2D eigenvalue weighted by Gasteiger charge is 2.23. The largest absolute Gasteiger partial charge is 0.496 e. The van der Waals surface area contributed by atoms with E-state index < -0.39 is 0 Å². The van der Waals surface area contributed by atoms with Crippen LogP contribution in [0.15, 0.2) is 48.5 Å². The number of hydrogen-bond acceptors (Lipinski definition) is 4. The summed E-state index contributed by atoms with van der Waals surface area (Å²) in [6, 6.07) is 14.7. The molecule has 0 saturated heterocycles. The molecule has 2 aromatic carbocycles. The van der Waals surface area contributed by atoms with E-state index in [4.69, 9.17) is 4.74 Å². The first-order valence-electron chi connectivity index (χ1n) is 8.98. The summed E-state index contributed by atoms with van der Waals surface area (Å²) in [5.41, 5.74) is 4.02. The van der Waals surface area contributed by atoms with Gasteiger partial charge in [-0.25, -0.2) is 0 Å². The summed E-state index contributed by atoms with van der Waals surface area (Å²) in [6.07, 6.45) is 0.746. The van der Waals surface area contributed by atoms with Crippen molar-refractivity contribution in [1.82, 2.24) is 10.2 Å². The van der Waals surface area contributed by atoms with Gasteiger partial charge in [-0.05, 0) is 42.3 Å². The monoisotopic (exact) mass is 376 g/mol.